The van der Waals surface area contributed by atoms with Crippen LogP contribution in [0.2, 0.25) is 43.8 Å². The first-order valence-corrected chi connectivity index (χ1v) is 25.6. The molecule has 306 valence electrons. The summed E-state index contributed by atoms with van der Waals surface area (Å²) in [6.07, 6.45) is 3.68. The van der Waals surface area contributed by atoms with Crippen molar-refractivity contribution in [1.29, 1.82) is 0 Å². The van der Waals surface area contributed by atoms with Crippen LogP contribution in [0.25, 0.3) is 22.2 Å². The average molecular weight is 820 g/mol. The summed E-state index contributed by atoms with van der Waals surface area (Å²) >= 11 is 0. The van der Waals surface area contributed by atoms with Crippen molar-refractivity contribution < 1.29 is 32.3 Å². The topological polar surface area (TPSA) is 119 Å². The van der Waals surface area contributed by atoms with Gasteiger partial charge in [-0.15, -0.1) is 0 Å². The van der Waals surface area contributed by atoms with Crippen molar-refractivity contribution in [3.8, 4) is 11.3 Å². The Labute approximate surface area is 335 Å². The van der Waals surface area contributed by atoms with E-state index in [1.807, 2.05) is 18.2 Å². The molecule has 0 radical (unpaired) electrons. The highest BCUT2D eigenvalue weighted by atomic mass is 28.4. The van der Waals surface area contributed by atoms with Gasteiger partial charge in [-0.25, -0.2) is 18.1 Å². The Morgan fingerprint density at radius 2 is 1.58 bits per heavy atom. The van der Waals surface area contributed by atoms with Crippen LogP contribution >= 0.6 is 0 Å². The summed E-state index contributed by atoms with van der Waals surface area (Å²) in [7, 11) is -3.50. The van der Waals surface area contributed by atoms with Gasteiger partial charge in [-0.1, -0.05) is 52.5 Å². The second-order valence-electron chi connectivity index (χ2n) is 18.2. The van der Waals surface area contributed by atoms with Crippen molar-refractivity contribution in [2.45, 2.75) is 111 Å². The summed E-state index contributed by atoms with van der Waals surface area (Å²) in [5, 5.41) is 7.82. The van der Waals surface area contributed by atoms with Crippen LogP contribution in [0.5, 0.6) is 0 Å². The van der Waals surface area contributed by atoms with Crippen LogP contribution in [0.15, 0.2) is 71.9 Å². The molecule has 0 atom stereocenters. The smallest absolute Gasteiger partial charge is 0.419 e. The standard InChI is InChI=1S/C42H55F2N5O6Si2/c1-41(2,3)55-40(52)49-36-15-13-29(26-54-57(10,11)42(4,5)6)18-30(36)20-37(49)33-21-32(25-47(39(33)51)27-53-16-17-56(7,8)9)46-38(50)31-22-45-48(24-31)23-28-12-14-34(43)35(44)19-28/h12-15,18-22,24-25H,16-17,23,26-27H2,1-11H3,(H,46,50). The summed E-state index contributed by atoms with van der Waals surface area (Å²) < 4.78 is 49.8. The Kier molecular flexibility index (Phi) is 12.7. The summed E-state index contributed by atoms with van der Waals surface area (Å²) in [5.74, 6) is -2.46. The monoisotopic (exact) mass is 819 g/mol. The maximum absolute atomic E-state index is 14.3. The molecule has 1 amide bonds. The number of amides is 1. The minimum atomic E-state index is -2.06. The van der Waals surface area contributed by atoms with Crippen LogP contribution in [-0.4, -0.2) is 59.5 Å². The first-order valence-electron chi connectivity index (χ1n) is 19.0. The van der Waals surface area contributed by atoms with Crippen molar-refractivity contribution in [1.82, 2.24) is 18.9 Å². The molecule has 2 aromatic carbocycles. The van der Waals surface area contributed by atoms with Gasteiger partial charge in [0.25, 0.3) is 11.5 Å². The van der Waals surface area contributed by atoms with E-state index in [0.717, 1.165) is 23.7 Å². The Morgan fingerprint density at radius 3 is 2.23 bits per heavy atom. The Morgan fingerprint density at radius 1 is 0.877 bits per heavy atom. The minimum Gasteiger partial charge on any atom is -0.443 e. The van der Waals surface area contributed by atoms with Crippen molar-refractivity contribution in [3.63, 3.8) is 0 Å². The molecule has 15 heteroatoms. The SMILES string of the molecule is CC(C)(C)OC(=O)n1c(-c2cc(NC(=O)c3cnn(Cc4ccc(F)c(F)c4)c3)cn(COCC[Si](C)(C)C)c2=O)cc2cc(CO[Si](C)(C)C(C)(C)C)ccc21. The fraction of sp³-hybridized carbons (Fsp3) is 0.429. The number of aromatic nitrogens is 4. The summed E-state index contributed by atoms with van der Waals surface area (Å²) in [6.45, 7) is 23.8. The molecule has 5 rings (SSSR count). The predicted molar refractivity (Wildman–Crippen MR) is 225 cm³/mol. The number of carbonyl (C=O) groups excluding carboxylic acids is 2. The molecule has 0 aliphatic heterocycles. The number of rotatable bonds is 13. The maximum atomic E-state index is 14.3. The highest BCUT2D eigenvalue weighted by molar-refractivity contribution is 6.76. The number of hydrogen-bond acceptors (Lipinski definition) is 7. The number of nitrogens with one attached hydrogen (secondary N) is 1. The van der Waals surface area contributed by atoms with Gasteiger partial charge in [0.05, 0.1) is 47.4 Å². The van der Waals surface area contributed by atoms with E-state index in [0.29, 0.717) is 29.7 Å². The molecule has 0 aliphatic carbocycles. The number of hydrogen-bond donors (Lipinski definition) is 1. The van der Waals surface area contributed by atoms with Gasteiger partial charge >= 0.3 is 6.09 Å². The van der Waals surface area contributed by atoms with Gasteiger partial charge in [0.15, 0.2) is 20.0 Å². The van der Waals surface area contributed by atoms with E-state index in [9.17, 15) is 23.2 Å². The summed E-state index contributed by atoms with van der Waals surface area (Å²) in [5.41, 5.74) is 1.52. The number of benzene rings is 2. The lowest BCUT2D eigenvalue weighted by Crippen LogP contribution is -2.40. The lowest BCUT2D eigenvalue weighted by atomic mass is 10.1. The molecule has 11 nitrogen and oxygen atoms in total. The van der Waals surface area contributed by atoms with Crippen molar-refractivity contribution in [2.75, 3.05) is 11.9 Å². The predicted octanol–water partition coefficient (Wildman–Crippen LogP) is 9.86. The molecule has 3 aromatic heterocycles. The van der Waals surface area contributed by atoms with Gasteiger partial charge in [-0.2, -0.15) is 5.10 Å². The molecule has 0 bridgehead atoms. The zero-order valence-corrected chi connectivity index (χ0v) is 36.9. The Bertz CT molecular complexity index is 2330. The fourth-order valence-electron chi connectivity index (χ4n) is 5.66. The molecule has 0 saturated heterocycles. The van der Waals surface area contributed by atoms with Gasteiger partial charge in [-0.3, -0.25) is 18.8 Å². The van der Waals surface area contributed by atoms with Gasteiger partial charge < -0.3 is 19.2 Å². The number of carbonyl (C=O) groups is 2. The van der Waals surface area contributed by atoms with Crippen LogP contribution in [-0.2, 0) is 33.8 Å². The van der Waals surface area contributed by atoms with E-state index in [4.69, 9.17) is 13.9 Å². The highest BCUT2D eigenvalue weighted by Crippen LogP contribution is 2.37. The second kappa shape index (κ2) is 16.6. The van der Waals surface area contributed by atoms with Gasteiger partial charge in [0.1, 0.15) is 12.3 Å². The van der Waals surface area contributed by atoms with Crippen LogP contribution in [0.1, 0.15) is 63.0 Å². The number of anilines is 1. The quantitative estimate of drug-likeness (QED) is 0.0928. The molecule has 0 spiro atoms. The third kappa shape index (κ3) is 11.0. The lowest BCUT2D eigenvalue weighted by molar-refractivity contribution is 0.0547. The van der Waals surface area contributed by atoms with E-state index in [-0.39, 0.29) is 40.8 Å². The number of halogens is 2. The van der Waals surface area contributed by atoms with Gasteiger partial charge in [0.2, 0.25) is 0 Å². The molecule has 0 unspecified atom stereocenters. The molecular formula is C42H55F2N5O6Si2. The van der Waals surface area contributed by atoms with Crippen LogP contribution < -0.4 is 10.9 Å². The van der Waals surface area contributed by atoms with Crippen molar-refractivity contribution in [2.24, 2.45) is 0 Å². The highest BCUT2D eigenvalue weighted by Gasteiger charge is 2.37. The van der Waals surface area contributed by atoms with E-state index >= 15 is 0 Å². The average Bonchev–Trinajstić information content (AvgIpc) is 3.71. The van der Waals surface area contributed by atoms with Crippen molar-refractivity contribution >= 4 is 45.0 Å². The van der Waals surface area contributed by atoms with E-state index in [1.165, 1.54) is 44.5 Å². The first kappa shape index (κ1) is 43.4. The minimum absolute atomic E-state index is 0.0221. The lowest BCUT2D eigenvalue weighted by Gasteiger charge is -2.36. The third-order valence-corrected chi connectivity index (χ3v) is 16.1. The number of nitrogens with zero attached hydrogens (tertiary/aromatic N) is 4. The molecule has 0 fully saturated rings. The summed E-state index contributed by atoms with van der Waals surface area (Å²) in [6, 6.07) is 13.4. The molecule has 0 aliphatic rings. The molecule has 1 N–H and O–H groups in total. The van der Waals surface area contributed by atoms with Crippen LogP contribution in [0.4, 0.5) is 19.3 Å². The van der Waals surface area contributed by atoms with Crippen LogP contribution in [0.3, 0.4) is 0 Å². The molecule has 57 heavy (non-hydrogen) atoms. The Balaban J connectivity index is 1.55. The zero-order chi connectivity index (χ0) is 42.1. The second-order valence-corrected chi connectivity index (χ2v) is 28.6. The molecule has 3 heterocycles. The van der Waals surface area contributed by atoms with E-state index in [2.05, 4.69) is 63.9 Å². The van der Waals surface area contributed by atoms with Gasteiger partial charge in [0, 0.05) is 32.5 Å². The molecule has 5 aromatic rings. The molecular weight excluding hydrogens is 765 g/mol. The van der Waals surface area contributed by atoms with Crippen molar-refractivity contribution in [3.05, 3.63) is 106 Å². The Hall–Kier alpha value is -4.71. The number of fused-ring (bicyclic) bond motifs is 1. The van der Waals surface area contributed by atoms with Gasteiger partial charge in [-0.05, 0) is 92.5 Å². The van der Waals surface area contributed by atoms with E-state index in [1.54, 1.807) is 26.8 Å². The normalized spacial score (nSPS) is 12.6. The zero-order valence-electron chi connectivity index (χ0n) is 34.9. The largest absolute Gasteiger partial charge is 0.443 e. The first-order chi connectivity index (χ1) is 26.4. The molecule has 0 saturated carbocycles. The summed E-state index contributed by atoms with van der Waals surface area (Å²) in [4.78, 5) is 41.9. The fourth-order valence-corrected chi connectivity index (χ4v) is 7.37. The van der Waals surface area contributed by atoms with Crippen LogP contribution in [0, 0.1) is 11.6 Å². The van der Waals surface area contributed by atoms with E-state index < -0.39 is 51.2 Å². The number of pyridine rings is 1. The third-order valence-electron chi connectivity index (χ3n) is 9.92. The maximum Gasteiger partial charge on any atom is 0.419 e. The number of ether oxygens (including phenoxy) is 2.